The lowest BCUT2D eigenvalue weighted by molar-refractivity contribution is 0.0172. The van der Waals surface area contributed by atoms with Gasteiger partial charge in [-0.05, 0) is 25.0 Å². The number of ether oxygens (including phenoxy) is 1. The van der Waals surface area contributed by atoms with Gasteiger partial charge >= 0.3 is 0 Å². The highest BCUT2D eigenvalue weighted by Crippen LogP contribution is 2.20. The van der Waals surface area contributed by atoms with E-state index < -0.39 is 0 Å². The van der Waals surface area contributed by atoms with Gasteiger partial charge in [0, 0.05) is 27.2 Å². The van der Waals surface area contributed by atoms with Crippen LogP contribution in [0.4, 0.5) is 0 Å². The molecule has 0 aliphatic carbocycles. The number of para-hydroxylation sites is 1. The van der Waals surface area contributed by atoms with Gasteiger partial charge < -0.3 is 4.74 Å². The maximum Gasteiger partial charge on any atom is 0.122 e. The van der Waals surface area contributed by atoms with Crippen molar-refractivity contribution in [3.8, 4) is 5.75 Å². The van der Waals surface area contributed by atoms with Gasteiger partial charge in [-0.25, -0.2) is 10.0 Å². The minimum atomic E-state index is 0.450. The van der Waals surface area contributed by atoms with E-state index in [4.69, 9.17) is 4.74 Å². The Kier molecular flexibility index (Phi) is 4.77. The van der Waals surface area contributed by atoms with Gasteiger partial charge in [0.25, 0.3) is 0 Å². The summed E-state index contributed by atoms with van der Waals surface area (Å²) in [7, 11) is 7.93. The monoisotopic (exact) mass is 222 g/mol. The number of rotatable bonds is 5. The molecule has 0 saturated heterocycles. The summed E-state index contributed by atoms with van der Waals surface area (Å²) in [5.41, 5.74) is 1.26. The summed E-state index contributed by atoms with van der Waals surface area (Å²) in [5.74, 6) is 0.974. The Morgan fingerprint density at radius 1 is 1.19 bits per heavy atom. The fourth-order valence-electron chi connectivity index (χ4n) is 1.72. The predicted molar refractivity (Wildman–Crippen MR) is 67.6 cm³/mol. The summed E-state index contributed by atoms with van der Waals surface area (Å²) < 4.78 is 5.35. The van der Waals surface area contributed by atoms with E-state index >= 15 is 0 Å². The molecule has 0 radical (unpaired) electrons. The lowest BCUT2D eigenvalue weighted by Gasteiger charge is -2.30. The van der Waals surface area contributed by atoms with Gasteiger partial charge in [-0.2, -0.15) is 0 Å². The number of hydrogen-bond acceptors (Lipinski definition) is 3. The summed E-state index contributed by atoms with van der Waals surface area (Å²) in [4.78, 5) is 0. The maximum atomic E-state index is 5.35. The molecular weight excluding hydrogens is 200 g/mol. The molecule has 0 heterocycles. The Labute approximate surface area is 98.6 Å². The average Bonchev–Trinajstić information content (AvgIpc) is 2.28. The number of hydrazine groups is 1. The molecule has 3 nitrogen and oxygen atoms in total. The molecule has 1 aromatic rings. The zero-order valence-electron chi connectivity index (χ0n) is 10.9. The highest BCUT2D eigenvalue weighted by molar-refractivity contribution is 5.33. The van der Waals surface area contributed by atoms with Crippen LogP contribution in [-0.4, -0.2) is 44.3 Å². The van der Waals surface area contributed by atoms with Gasteiger partial charge in [-0.15, -0.1) is 0 Å². The Balaban J connectivity index is 2.72. The minimum absolute atomic E-state index is 0.450. The molecule has 0 aliphatic heterocycles. The van der Waals surface area contributed by atoms with Crippen molar-refractivity contribution >= 4 is 0 Å². The first kappa shape index (κ1) is 13.0. The zero-order valence-corrected chi connectivity index (χ0v) is 10.9. The average molecular weight is 222 g/mol. The molecule has 0 bridgehead atoms. The molecule has 0 aromatic heterocycles. The van der Waals surface area contributed by atoms with E-state index in [2.05, 4.69) is 50.2 Å². The van der Waals surface area contributed by atoms with Gasteiger partial charge in [0.05, 0.1) is 7.11 Å². The maximum absolute atomic E-state index is 5.35. The molecule has 0 N–H and O–H groups in total. The van der Waals surface area contributed by atoms with Gasteiger partial charge in [-0.3, -0.25) is 0 Å². The van der Waals surface area contributed by atoms with Gasteiger partial charge in [0.1, 0.15) is 5.75 Å². The van der Waals surface area contributed by atoms with Crippen molar-refractivity contribution in [3.05, 3.63) is 29.8 Å². The molecule has 0 saturated carbocycles. The van der Waals surface area contributed by atoms with E-state index in [9.17, 15) is 0 Å². The summed E-state index contributed by atoms with van der Waals surface area (Å²) >= 11 is 0. The van der Waals surface area contributed by atoms with Gasteiger partial charge in [0.2, 0.25) is 0 Å². The highest BCUT2D eigenvalue weighted by atomic mass is 16.5. The first-order chi connectivity index (χ1) is 7.56. The van der Waals surface area contributed by atoms with Crippen LogP contribution in [0, 0.1) is 0 Å². The van der Waals surface area contributed by atoms with E-state index in [-0.39, 0.29) is 0 Å². The van der Waals surface area contributed by atoms with Crippen molar-refractivity contribution in [3.63, 3.8) is 0 Å². The van der Waals surface area contributed by atoms with E-state index in [0.29, 0.717) is 6.04 Å². The molecule has 0 aliphatic rings. The van der Waals surface area contributed by atoms with E-state index in [1.165, 1.54) is 5.56 Å². The first-order valence-electron chi connectivity index (χ1n) is 5.58. The number of hydrogen-bond donors (Lipinski definition) is 0. The quantitative estimate of drug-likeness (QED) is 0.709. The molecular formula is C13H22N2O. The summed E-state index contributed by atoms with van der Waals surface area (Å²) in [6.45, 7) is 2.21. The summed E-state index contributed by atoms with van der Waals surface area (Å²) in [6, 6.07) is 8.64. The number of benzene rings is 1. The third-order valence-electron chi connectivity index (χ3n) is 2.98. The second-order valence-corrected chi connectivity index (χ2v) is 4.29. The van der Waals surface area contributed by atoms with Crippen LogP contribution in [-0.2, 0) is 6.42 Å². The number of methoxy groups -OCH3 is 1. The van der Waals surface area contributed by atoms with Crippen molar-refractivity contribution in [2.75, 3.05) is 28.3 Å². The normalized spacial score (nSPS) is 13.2. The molecule has 3 heteroatoms. The number of nitrogens with zero attached hydrogens (tertiary/aromatic N) is 2. The fourth-order valence-corrected chi connectivity index (χ4v) is 1.72. The van der Waals surface area contributed by atoms with Gasteiger partial charge in [0.15, 0.2) is 0 Å². The van der Waals surface area contributed by atoms with Crippen LogP contribution in [0.5, 0.6) is 5.75 Å². The largest absolute Gasteiger partial charge is 0.496 e. The minimum Gasteiger partial charge on any atom is -0.496 e. The topological polar surface area (TPSA) is 15.7 Å². The molecule has 1 aromatic carbocycles. The fraction of sp³-hybridized carbons (Fsp3) is 0.538. The highest BCUT2D eigenvalue weighted by Gasteiger charge is 2.13. The molecule has 1 atom stereocenters. The molecule has 16 heavy (non-hydrogen) atoms. The van der Waals surface area contributed by atoms with Crippen LogP contribution in [0.1, 0.15) is 12.5 Å². The van der Waals surface area contributed by atoms with Crippen LogP contribution in [0.3, 0.4) is 0 Å². The Morgan fingerprint density at radius 2 is 1.81 bits per heavy atom. The smallest absolute Gasteiger partial charge is 0.122 e. The molecule has 1 rings (SSSR count). The summed E-state index contributed by atoms with van der Waals surface area (Å²) in [6.07, 6.45) is 0.985. The molecule has 0 amide bonds. The first-order valence-corrected chi connectivity index (χ1v) is 5.58. The summed E-state index contributed by atoms with van der Waals surface area (Å²) in [5, 5.41) is 4.31. The Morgan fingerprint density at radius 3 is 2.38 bits per heavy atom. The predicted octanol–water partition coefficient (Wildman–Crippen LogP) is 2.03. The van der Waals surface area contributed by atoms with Crippen molar-refractivity contribution in [1.82, 2.24) is 10.0 Å². The van der Waals surface area contributed by atoms with E-state index in [1.54, 1.807) is 7.11 Å². The lowest BCUT2D eigenvalue weighted by Crippen LogP contribution is -2.41. The van der Waals surface area contributed by atoms with Crippen LogP contribution in [0.25, 0.3) is 0 Å². The van der Waals surface area contributed by atoms with Crippen molar-refractivity contribution in [2.45, 2.75) is 19.4 Å². The second kappa shape index (κ2) is 5.87. The molecule has 0 spiro atoms. The van der Waals surface area contributed by atoms with Crippen molar-refractivity contribution in [1.29, 1.82) is 0 Å². The molecule has 1 unspecified atom stereocenters. The third-order valence-corrected chi connectivity index (χ3v) is 2.98. The van der Waals surface area contributed by atoms with Gasteiger partial charge in [-0.1, -0.05) is 18.2 Å². The molecule has 0 fully saturated rings. The van der Waals surface area contributed by atoms with Crippen LogP contribution >= 0.6 is 0 Å². The van der Waals surface area contributed by atoms with E-state index in [1.807, 2.05) is 12.1 Å². The third kappa shape index (κ3) is 3.22. The SMILES string of the molecule is COc1ccccc1CC(C)N(C)N(C)C. The molecule has 90 valence electrons. The zero-order chi connectivity index (χ0) is 12.1. The van der Waals surface area contributed by atoms with E-state index in [0.717, 1.165) is 12.2 Å². The number of likely N-dealkylation sites (N-methyl/N-ethyl adjacent to an activating group) is 1. The second-order valence-electron chi connectivity index (χ2n) is 4.29. The van der Waals surface area contributed by atoms with Crippen molar-refractivity contribution in [2.24, 2.45) is 0 Å². The Bertz CT molecular complexity index is 325. The van der Waals surface area contributed by atoms with Crippen LogP contribution in [0.2, 0.25) is 0 Å². The standard InChI is InChI=1S/C13H22N2O/c1-11(15(4)14(2)3)10-12-8-6-7-9-13(12)16-5/h6-9,11H,10H2,1-5H3. The van der Waals surface area contributed by atoms with Crippen LogP contribution in [0.15, 0.2) is 24.3 Å². The van der Waals surface area contributed by atoms with Crippen molar-refractivity contribution < 1.29 is 4.74 Å². The van der Waals surface area contributed by atoms with Crippen LogP contribution < -0.4 is 4.74 Å². The Hall–Kier alpha value is -1.06. The lowest BCUT2D eigenvalue weighted by atomic mass is 10.1.